The number of carbonyl (C=O) groups is 1. The molecule has 0 radical (unpaired) electrons. The highest BCUT2D eigenvalue weighted by Gasteiger charge is 2.43. The quantitative estimate of drug-likeness (QED) is 0.569. The zero-order chi connectivity index (χ0) is 16.5. The number of nitrogens with zero attached hydrogens (tertiary/aromatic N) is 2. The third-order valence-corrected chi connectivity index (χ3v) is 5.04. The van der Waals surface area contributed by atoms with Crippen molar-refractivity contribution < 1.29 is 4.79 Å². The van der Waals surface area contributed by atoms with Gasteiger partial charge in [-0.25, -0.2) is 4.98 Å². The Kier molecular flexibility index (Phi) is 3.74. The number of nitrogens with two attached hydrogens (primary N) is 1. The maximum absolute atomic E-state index is 12.3. The normalized spacial score (nSPS) is 20.1. The van der Waals surface area contributed by atoms with Gasteiger partial charge in [-0.15, -0.1) is 0 Å². The third kappa shape index (κ3) is 3.00. The van der Waals surface area contributed by atoms with E-state index in [1.54, 1.807) is 0 Å². The first kappa shape index (κ1) is 14.8. The zero-order valence-corrected chi connectivity index (χ0v) is 13.7. The maximum atomic E-state index is 12.3. The summed E-state index contributed by atoms with van der Waals surface area (Å²) in [6.45, 7) is 0. The number of guanidine groups is 1. The van der Waals surface area contributed by atoms with Crippen molar-refractivity contribution in [1.29, 1.82) is 0 Å². The van der Waals surface area contributed by atoms with Crippen molar-refractivity contribution in [2.24, 2.45) is 16.6 Å². The van der Waals surface area contributed by atoms with Crippen LogP contribution in [0.4, 0.5) is 5.13 Å². The van der Waals surface area contributed by atoms with Crippen molar-refractivity contribution in [3.63, 3.8) is 0 Å². The van der Waals surface area contributed by atoms with Crippen molar-refractivity contribution in [2.75, 3.05) is 0 Å². The number of thiazole rings is 1. The summed E-state index contributed by atoms with van der Waals surface area (Å²) in [6.07, 6.45) is 0.851. The molecule has 24 heavy (non-hydrogen) atoms. The van der Waals surface area contributed by atoms with Crippen LogP contribution in [0.15, 0.2) is 59.6 Å². The molecule has 5 nitrogen and oxygen atoms in total. The van der Waals surface area contributed by atoms with Crippen molar-refractivity contribution in [3.05, 3.63) is 60.2 Å². The number of carbonyl (C=O) groups excluding carboxylic acids is 1. The molecule has 1 aliphatic carbocycles. The molecule has 0 spiro atoms. The number of aromatic nitrogens is 1. The zero-order valence-electron chi connectivity index (χ0n) is 12.8. The van der Waals surface area contributed by atoms with Crippen LogP contribution in [0.2, 0.25) is 0 Å². The summed E-state index contributed by atoms with van der Waals surface area (Å²) in [5, 5.41) is 3.24. The van der Waals surface area contributed by atoms with Gasteiger partial charge in [0.2, 0.25) is 17.0 Å². The summed E-state index contributed by atoms with van der Waals surface area (Å²) in [5.41, 5.74) is 7.94. The molecule has 2 atom stereocenters. The van der Waals surface area contributed by atoms with E-state index >= 15 is 0 Å². The lowest BCUT2D eigenvalue weighted by Gasteiger charge is -2.03. The Labute approximate surface area is 143 Å². The van der Waals surface area contributed by atoms with Crippen molar-refractivity contribution in [3.8, 4) is 0 Å². The van der Waals surface area contributed by atoms with E-state index in [2.05, 4.69) is 27.4 Å². The summed E-state index contributed by atoms with van der Waals surface area (Å²) in [6, 6.07) is 17.9. The molecule has 4 rings (SSSR count). The van der Waals surface area contributed by atoms with Crippen LogP contribution in [-0.4, -0.2) is 16.9 Å². The second-order valence-corrected chi connectivity index (χ2v) is 6.82. The van der Waals surface area contributed by atoms with Crippen LogP contribution in [0.3, 0.4) is 0 Å². The van der Waals surface area contributed by atoms with Gasteiger partial charge < -0.3 is 5.73 Å². The maximum Gasteiger partial charge on any atom is 0.230 e. The highest BCUT2D eigenvalue weighted by molar-refractivity contribution is 7.22. The van der Waals surface area contributed by atoms with Gasteiger partial charge in [-0.05, 0) is 30.0 Å². The second kappa shape index (κ2) is 6.05. The van der Waals surface area contributed by atoms with Crippen molar-refractivity contribution in [2.45, 2.75) is 12.3 Å². The number of fused-ring (bicyclic) bond motifs is 1. The molecule has 0 unspecified atom stereocenters. The number of benzene rings is 2. The number of amides is 1. The molecule has 1 amide bonds. The minimum atomic E-state index is -0.0776. The average Bonchev–Trinajstić information content (AvgIpc) is 3.29. The van der Waals surface area contributed by atoms with Gasteiger partial charge in [-0.2, -0.15) is 4.99 Å². The monoisotopic (exact) mass is 336 g/mol. The fourth-order valence-corrected chi connectivity index (χ4v) is 3.66. The number of para-hydroxylation sites is 1. The fraction of sp³-hybridized carbons (Fsp3) is 0.167. The van der Waals surface area contributed by atoms with Crippen molar-refractivity contribution in [1.82, 2.24) is 10.3 Å². The first-order valence-electron chi connectivity index (χ1n) is 7.76. The van der Waals surface area contributed by atoms with Gasteiger partial charge in [-0.1, -0.05) is 53.8 Å². The Morgan fingerprint density at radius 3 is 2.71 bits per heavy atom. The second-order valence-electron chi connectivity index (χ2n) is 5.81. The summed E-state index contributed by atoms with van der Waals surface area (Å²) in [4.78, 5) is 20.9. The van der Waals surface area contributed by atoms with Gasteiger partial charge in [0, 0.05) is 5.92 Å². The molecule has 1 aliphatic rings. The molecule has 1 heterocycles. The van der Waals surface area contributed by atoms with E-state index in [9.17, 15) is 4.79 Å². The standard InChI is InChI=1S/C18H16N4OS/c19-17(22-18-20-14-8-4-5-9-15(14)24-18)21-16(23)13-10-12(13)11-6-2-1-3-7-11/h1-9,12-13H,10H2,(H3,19,20,21,22,23)/t12-,13+/m0/s1. The molecule has 0 aliphatic heterocycles. The van der Waals surface area contributed by atoms with E-state index in [0.717, 1.165) is 16.6 Å². The lowest BCUT2D eigenvalue weighted by molar-refractivity contribution is -0.121. The number of aliphatic imine (C=N–C) groups is 1. The molecule has 0 bridgehead atoms. The minimum absolute atomic E-state index is 0.0310. The lowest BCUT2D eigenvalue weighted by atomic mass is 10.1. The van der Waals surface area contributed by atoms with Gasteiger partial charge >= 0.3 is 0 Å². The summed E-state index contributed by atoms with van der Waals surface area (Å²) in [5.74, 6) is 0.266. The molecule has 2 aromatic carbocycles. The average molecular weight is 336 g/mol. The molecular formula is C18H16N4OS. The predicted molar refractivity (Wildman–Crippen MR) is 96.3 cm³/mol. The van der Waals surface area contributed by atoms with E-state index in [-0.39, 0.29) is 23.7 Å². The Balaban J connectivity index is 1.42. The van der Waals surface area contributed by atoms with Crippen LogP contribution in [-0.2, 0) is 4.79 Å². The minimum Gasteiger partial charge on any atom is -0.369 e. The van der Waals surface area contributed by atoms with Crippen LogP contribution in [0, 0.1) is 5.92 Å². The van der Waals surface area contributed by atoms with E-state index in [1.165, 1.54) is 16.9 Å². The Bertz CT molecular complexity index is 886. The molecule has 3 aromatic rings. The highest BCUT2D eigenvalue weighted by Crippen LogP contribution is 2.47. The Morgan fingerprint density at radius 2 is 1.92 bits per heavy atom. The lowest BCUT2D eigenvalue weighted by Crippen LogP contribution is -2.37. The van der Waals surface area contributed by atoms with E-state index in [0.29, 0.717) is 5.13 Å². The van der Waals surface area contributed by atoms with Crippen LogP contribution >= 0.6 is 11.3 Å². The van der Waals surface area contributed by atoms with Gasteiger partial charge in [-0.3, -0.25) is 10.1 Å². The van der Waals surface area contributed by atoms with Gasteiger partial charge in [0.25, 0.3) is 0 Å². The fourth-order valence-electron chi connectivity index (χ4n) is 2.81. The molecule has 1 aromatic heterocycles. The van der Waals surface area contributed by atoms with Crippen LogP contribution in [0.5, 0.6) is 0 Å². The van der Waals surface area contributed by atoms with Crippen LogP contribution < -0.4 is 11.1 Å². The third-order valence-electron chi connectivity index (χ3n) is 4.10. The topological polar surface area (TPSA) is 80.4 Å². The first-order chi connectivity index (χ1) is 11.7. The number of rotatable bonds is 3. The number of nitrogens with one attached hydrogen (secondary N) is 1. The van der Waals surface area contributed by atoms with Gasteiger partial charge in [0.15, 0.2) is 0 Å². The molecule has 0 saturated heterocycles. The van der Waals surface area contributed by atoms with E-state index in [4.69, 9.17) is 5.73 Å². The molecule has 1 fully saturated rings. The SMILES string of the molecule is NC(=Nc1nc2ccccc2s1)NC(=O)[C@@H]1C[C@H]1c1ccccc1. The Morgan fingerprint density at radius 1 is 1.17 bits per heavy atom. The number of hydrogen-bond acceptors (Lipinski definition) is 4. The van der Waals surface area contributed by atoms with Crippen LogP contribution in [0.1, 0.15) is 17.9 Å². The van der Waals surface area contributed by atoms with Gasteiger partial charge in [0.05, 0.1) is 10.2 Å². The molecule has 120 valence electrons. The molecular weight excluding hydrogens is 320 g/mol. The van der Waals surface area contributed by atoms with Crippen molar-refractivity contribution >= 4 is 38.6 Å². The Hall–Kier alpha value is -2.73. The van der Waals surface area contributed by atoms with Gasteiger partial charge in [0.1, 0.15) is 0 Å². The molecule has 1 saturated carbocycles. The first-order valence-corrected chi connectivity index (χ1v) is 8.58. The summed E-state index contributed by atoms with van der Waals surface area (Å²) >= 11 is 1.44. The largest absolute Gasteiger partial charge is 0.369 e. The molecule has 3 N–H and O–H groups in total. The predicted octanol–water partition coefficient (Wildman–Crippen LogP) is 3.16. The van der Waals surface area contributed by atoms with E-state index < -0.39 is 0 Å². The summed E-state index contributed by atoms with van der Waals surface area (Å²) in [7, 11) is 0. The van der Waals surface area contributed by atoms with E-state index in [1.807, 2.05) is 42.5 Å². The number of hydrogen-bond donors (Lipinski definition) is 2. The highest BCUT2D eigenvalue weighted by atomic mass is 32.1. The smallest absolute Gasteiger partial charge is 0.230 e. The molecule has 6 heteroatoms. The summed E-state index contributed by atoms with van der Waals surface area (Å²) < 4.78 is 1.04. The van der Waals surface area contributed by atoms with Crippen LogP contribution in [0.25, 0.3) is 10.2 Å².